The lowest BCUT2D eigenvalue weighted by Gasteiger charge is -2.28. The molecular formula is C51H75N5O7. The maximum atomic E-state index is 12.0. The van der Waals surface area contributed by atoms with Gasteiger partial charge < -0.3 is 5.10 Å². The van der Waals surface area contributed by atoms with E-state index in [2.05, 4.69) is 62.2 Å². The molecule has 5 aliphatic rings. The number of aryl methyl sites for hydroxylation is 1. The number of hydrogen-bond donors (Lipinski definition) is 4. The summed E-state index contributed by atoms with van der Waals surface area (Å²) < 4.78 is 2.03. The van der Waals surface area contributed by atoms with Crippen LogP contribution in [0.5, 0.6) is 0 Å². The maximum Gasteiger partial charge on any atom is 0.268 e. The molecule has 12 heteroatoms. The maximum absolute atomic E-state index is 12.0. The molecule has 2 aromatic rings. The molecule has 3 aliphatic carbocycles. The lowest BCUT2D eigenvalue weighted by Crippen LogP contribution is -2.38. The van der Waals surface area contributed by atoms with Crippen molar-refractivity contribution in [2.24, 2.45) is 16.2 Å². The molecule has 0 radical (unpaired) electrons. The van der Waals surface area contributed by atoms with Crippen molar-refractivity contribution >= 4 is 29.2 Å². The van der Waals surface area contributed by atoms with Crippen LogP contribution in [0, 0.1) is 16.2 Å². The Labute approximate surface area is 374 Å². The monoisotopic (exact) mass is 870 g/mol. The highest BCUT2D eigenvalue weighted by Gasteiger charge is 2.32. The van der Waals surface area contributed by atoms with Crippen molar-refractivity contribution in [1.82, 2.24) is 25.3 Å². The van der Waals surface area contributed by atoms with Gasteiger partial charge in [-0.25, -0.2) is 0 Å². The molecule has 0 saturated carbocycles. The van der Waals surface area contributed by atoms with Gasteiger partial charge in [0.25, 0.3) is 17.0 Å². The van der Waals surface area contributed by atoms with Gasteiger partial charge in [0.05, 0.1) is 0 Å². The first-order chi connectivity index (χ1) is 28.8. The van der Waals surface area contributed by atoms with Gasteiger partial charge in [0, 0.05) is 77.5 Å². The van der Waals surface area contributed by atoms with Crippen LogP contribution in [-0.4, -0.2) is 49.1 Å². The molecule has 0 bridgehead atoms. The first-order valence-electron chi connectivity index (χ1n) is 22.4. The average molecular weight is 870 g/mol. The van der Waals surface area contributed by atoms with E-state index >= 15 is 0 Å². The van der Waals surface area contributed by atoms with Crippen LogP contribution in [0.3, 0.4) is 0 Å². The number of carbonyl (C=O) groups is 5. The second-order valence-corrected chi connectivity index (χ2v) is 22.1. The summed E-state index contributed by atoms with van der Waals surface area (Å²) in [5, 5.41) is 10.4. The van der Waals surface area contributed by atoms with E-state index in [1.54, 1.807) is 12.3 Å². The number of H-pyrrole nitrogens is 3. The van der Waals surface area contributed by atoms with Crippen LogP contribution in [0.15, 0.2) is 74.0 Å². The van der Waals surface area contributed by atoms with E-state index < -0.39 is 0 Å². The number of aromatic nitrogens is 4. The van der Waals surface area contributed by atoms with Crippen LogP contribution >= 0.6 is 0 Å². The summed E-state index contributed by atoms with van der Waals surface area (Å²) in [5.41, 5.74) is 7.01. The van der Waals surface area contributed by atoms with E-state index in [4.69, 9.17) is 0 Å². The quantitative estimate of drug-likeness (QED) is 0.190. The van der Waals surface area contributed by atoms with Crippen molar-refractivity contribution < 1.29 is 24.0 Å². The minimum absolute atomic E-state index is 0.00183. The average Bonchev–Trinajstić information content (AvgIpc) is 3.73. The molecule has 0 atom stereocenters. The molecule has 7 rings (SSSR count). The van der Waals surface area contributed by atoms with E-state index in [1.807, 2.05) is 91.3 Å². The summed E-state index contributed by atoms with van der Waals surface area (Å²) in [5.74, 6) is 0.211. The normalized spacial score (nSPS) is 18.0. The van der Waals surface area contributed by atoms with Crippen molar-refractivity contribution in [2.45, 2.75) is 179 Å². The largest absolute Gasteiger partial charge is 0.305 e. The Morgan fingerprint density at radius 2 is 1.21 bits per heavy atom. The van der Waals surface area contributed by atoms with Gasteiger partial charge in [0.1, 0.15) is 0 Å². The molecule has 346 valence electrons. The lowest BCUT2D eigenvalue weighted by molar-refractivity contribution is -0.129. The van der Waals surface area contributed by atoms with Gasteiger partial charge in [0.2, 0.25) is 5.91 Å². The van der Waals surface area contributed by atoms with Crippen LogP contribution in [0.4, 0.5) is 0 Å². The Hall–Kier alpha value is -5.13. The second-order valence-electron chi connectivity index (χ2n) is 22.1. The van der Waals surface area contributed by atoms with E-state index in [1.165, 1.54) is 18.5 Å². The van der Waals surface area contributed by atoms with Gasteiger partial charge in [-0.15, -0.1) is 0 Å². The first kappa shape index (κ1) is 52.2. The van der Waals surface area contributed by atoms with E-state index in [0.717, 1.165) is 59.2 Å². The number of allylic oxidation sites excluding steroid dienone is 8. The highest BCUT2D eigenvalue weighted by molar-refractivity contribution is 6.09. The number of amides is 2. The number of Topliss-reactive ketones (excluding diaryl/α,β-unsaturated/α-hetero) is 3. The van der Waals surface area contributed by atoms with Gasteiger partial charge in [-0.05, 0) is 65.3 Å². The third kappa shape index (κ3) is 14.7. The molecule has 0 fully saturated rings. The topological polar surface area (TPSA) is 184 Å². The minimum atomic E-state index is -0.251. The SMILES string of the molecule is CC(C)(C)C1=CC2=C(CCCC2=O)CC1=O.CC(C)(C)C1=CC=CCC1=O.CC(C)(C)C1=CCC(=O)NC1=O.CC(C)(C)c1c2n([nH]c1=O)CCCC2.CC(C)(C)c1c[nH][nH]c1=O. The zero-order chi connectivity index (χ0) is 47.9. The zero-order valence-corrected chi connectivity index (χ0v) is 40.8. The fourth-order valence-corrected chi connectivity index (χ4v) is 8.00. The van der Waals surface area contributed by atoms with Crippen LogP contribution in [0.25, 0.3) is 0 Å². The number of imide groups is 1. The Morgan fingerprint density at radius 3 is 1.68 bits per heavy atom. The van der Waals surface area contributed by atoms with Crippen molar-refractivity contribution in [1.29, 1.82) is 0 Å². The number of nitrogens with one attached hydrogen (secondary N) is 4. The predicted molar refractivity (Wildman–Crippen MR) is 251 cm³/mol. The standard InChI is InChI=1S/C14H18O2.C11H18N2O.C10H14O.C9H13NO2.C7H12N2O/c1-14(2,3)11-8-10-9(7-13(11)16)5-4-6-12(10)15;1-11(2,3)9-8-6-4-5-7-13(8)12-10(9)14;1-10(2,3)8-6-4-5-7-9(8)11;1-9(2,3)6-4-5-7(11)10-8(6)12;1-7(2,3)5-4-8-9-6(5)10/h8H,4-7H2,1-3H3;4-7H2,1-3H3,(H,12,14);4-6H,7H2,1-3H3;4H,5H2,1-3H3,(H,10,11,12);4H,1-3H3,(H2,8,9,10). The summed E-state index contributed by atoms with van der Waals surface area (Å²) in [4.78, 5) is 79.9. The van der Waals surface area contributed by atoms with Crippen LogP contribution in [0.1, 0.15) is 172 Å². The van der Waals surface area contributed by atoms with Crippen molar-refractivity contribution in [3.8, 4) is 0 Å². The summed E-state index contributed by atoms with van der Waals surface area (Å²) in [6.45, 7) is 31.4. The molecular weight excluding hydrogens is 795 g/mol. The lowest BCUT2D eigenvalue weighted by atomic mass is 9.74. The van der Waals surface area contributed by atoms with E-state index in [9.17, 15) is 33.6 Å². The van der Waals surface area contributed by atoms with Gasteiger partial charge >= 0.3 is 0 Å². The molecule has 0 aromatic carbocycles. The van der Waals surface area contributed by atoms with Crippen LogP contribution in [0.2, 0.25) is 0 Å². The molecule has 63 heavy (non-hydrogen) atoms. The third-order valence-corrected chi connectivity index (χ3v) is 11.3. The number of ketones is 3. The van der Waals surface area contributed by atoms with Gasteiger partial charge in [-0.1, -0.05) is 134 Å². The Balaban J connectivity index is 0.000000212. The highest BCUT2D eigenvalue weighted by Crippen LogP contribution is 2.37. The summed E-state index contributed by atoms with van der Waals surface area (Å²) in [7, 11) is 0. The molecule has 0 saturated heterocycles. The number of carbonyl (C=O) groups excluding carboxylic acids is 5. The molecule has 0 unspecified atom stereocenters. The third-order valence-electron chi connectivity index (χ3n) is 11.3. The van der Waals surface area contributed by atoms with E-state index in [0.29, 0.717) is 31.3 Å². The van der Waals surface area contributed by atoms with Gasteiger partial charge in [0.15, 0.2) is 17.3 Å². The molecule has 0 spiro atoms. The van der Waals surface area contributed by atoms with Crippen molar-refractivity contribution in [2.75, 3.05) is 0 Å². The fourth-order valence-electron chi connectivity index (χ4n) is 8.00. The summed E-state index contributed by atoms with van der Waals surface area (Å²) in [6, 6.07) is 0. The first-order valence-corrected chi connectivity index (χ1v) is 22.4. The number of aromatic amines is 3. The molecule has 2 aliphatic heterocycles. The summed E-state index contributed by atoms with van der Waals surface area (Å²) >= 11 is 0. The minimum Gasteiger partial charge on any atom is -0.305 e. The Morgan fingerprint density at radius 1 is 0.587 bits per heavy atom. The molecule has 12 nitrogen and oxygen atoms in total. The zero-order valence-electron chi connectivity index (χ0n) is 40.8. The van der Waals surface area contributed by atoms with E-state index in [-0.39, 0.29) is 67.4 Å². The fraction of sp³-hybridized carbons (Fsp3) is 0.588. The van der Waals surface area contributed by atoms with Crippen LogP contribution in [-0.2, 0) is 47.8 Å². The van der Waals surface area contributed by atoms with Crippen LogP contribution < -0.4 is 16.4 Å². The smallest absolute Gasteiger partial charge is 0.268 e. The number of hydrogen-bond acceptors (Lipinski definition) is 7. The number of rotatable bonds is 0. The van der Waals surface area contributed by atoms with Crippen molar-refractivity contribution in [3.63, 3.8) is 0 Å². The Kier molecular flexibility index (Phi) is 17.1. The predicted octanol–water partition coefficient (Wildman–Crippen LogP) is 9.29. The molecule has 2 amide bonds. The summed E-state index contributed by atoms with van der Waals surface area (Å²) in [6.07, 6.45) is 18.3. The Bertz CT molecular complexity index is 2310. The van der Waals surface area contributed by atoms with Gasteiger partial charge in [-0.3, -0.25) is 53.8 Å². The number of fused-ring (bicyclic) bond motifs is 1. The van der Waals surface area contributed by atoms with Crippen molar-refractivity contribution in [3.05, 3.63) is 102 Å². The molecule has 2 aromatic heterocycles. The second kappa shape index (κ2) is 20.6. The molecule has 4 N–H and O–H groups in total. The number of nitrogens with zero attached hydrogens (tertiary/aromatic N) is 1. The van der Waals surface area contributed by atoms with Gasteiger partial charge in [-0.2, -0.15) is 0 Å². The molecule has 4 heterocycles. The highest BCUT2D eigenvalue weighted by atomic mass is 16.2.